The largest absolute Gasteiger partial charge is 0.496 e. The van der Waals surface area contributed by atoms with Crippen LogP contribution < -0.4 is 10.2 Å². The van der Waals surface area contributed by atoms with E-state index >= 15 is 0 Å². The van der Waals surface area contributed by atoms with Crippen molar-refractivity contribution in [3.8, 4) is 5.75 Å². The summed E-state index contributed by atoms with van der Waals surface area (Å²) in [6.45, 7) is 0. The Balaban J connectivity index is 1.77. The van der Waals surface area contributed by atoms with Crippen LogP contribution >= 0.6 is 27.7 Å². The molecule has 0 aliphatic rings. The van der Waals surface area contributed by atoms with Crippen molar-refractivity contribution in [2.45, 2.75) is 5.75 Å². The molecule has 4 nitrogen and oxygen atoms in total. The number of carbonyl (C=O) groups excluding carboxylic acids is 1. The number of hydrazone groups is 1. The number of rotatable bonds is 7. The van der Waals surface area contributed by atoms with E-state index in [1.165, 1.54) is 5.56 Å². The third kappa shape index (κ3) is 5.73. The maximum Gasteiger partial charge on any atom is 0.250 e. The predicted molar refractivity (Wildman–Crippen MR) is 99.0 cm³/mol. The van der Waals surface area contributed by atoms with Gasteiger partial charge >= 0.3 is 0 Å². The van der Waals surface area contributed by atoms with Crippen molar-refractivity contribution in [3.63, 3.8) is 0 Å². The molecule has 0 bridgehead atoms. The summed E-state index contributed by atoms with van der Waals surface area (Å²) in [7, 11) is 1.60. The minimum Gasteiger partial charge on any atom is -0.496 e. The van der Waals surface area contributed by atoms with Crippen LogP contribution in [0.25, 0.3) is 0 Å². The van der Waals surface area contributed by atoms with Gasteiger partial charge in [-0.25, -0.2) is 5.43 Å². The molecule has 1 amide bonds. The molecule has 0 unspecified atom stereocenters. The number of carbonyl (C=O) groups is 1. The van der Waals surface area contributed by atoms with Gasteiger partial charge in [0.15, 0.2) is 0 Å². The molecule has 0 saturated heterocycles. The van der Waals surface area contributed by atoms with Gasteiger partial charge in [-0.05, 0) is 23.8 Å². The molecule has 0 saturated carbocycles. The normalized spacial score (nSPS) is 10.7. The first kappa shape index (κ1) is 17.6. The molecule has 0 radical (unpaired) electrons. The highest BCUT2D eigenvalue weighted by atomic mass is 79.9. The highest BCUT2D eigenvalue weighted by Gasteiger charge is 2.03. The monoisotopic (exact) mass is 392 g/mol. The Morgan fingerprint density at radius 3 is 2.78 bits per heavy atom. The average molecular weight is 393 g/mol. The number of hydrogen-bond donors (Lipinski definition) is 1. The zero-order valence-electron chi connectivity index (χ0n) is 12.7. The summed E-state index contributed by atoms with van der Waals surface area (Å²) < 4.78 is 6.27. The van der Waals surface area contributed by atoms with Gasteiger partial charge in [0.2, 0.25) is 5.91 Å². The molecule has 0 spiro atoms. The minimum atomic E-state index is -0.131. The van der Waals surface area contributed by atoms with E-state index in [1.54, 1.807) is 25.1 Å². The van der Waals surface area contributed by atoms with Crippen LogP contribution in [0.3, 0.4) is 0 Å². The number of para-hydroxylation sites is 1. The number of nitrogens with zero attached hydrogens (tertiary/aromatic N) is 1. The van der Waals surface area contributed by atoms with Gasteiger partial charge in [-0.1, -0.05) is 46.3 Å². The van der Waals surface area contributed by atoms with Crippen molar-refractivity contribution in [3.05, 3.63) is 64.1 Å². The Hall–Kier alpha value is -1.79. The number of methoxy groups -OCH3 is 1. The fraction of sp³-hybridized carbons (Fsp3) is 0.176. The Morgan fingerprint density at radius 1 is 1.26 bits per heavy atom. The van der Waals surface area contributed by atoms with Crippen LogP contribution in [0.15, 0.2) is 58.1 Å². The Kier molecular flexibility index (Phi) is 7.16. The molecule has 0 aromatic heterocycles. The maximum absolute atomic E-state index is 11.8. The first-order valence-electron chi connectivity index (χ1n) is 6.97. The van der Waals surface area contributed by atoms with E-state index in [0.717, 1.165) is 15.8 Å². The van der Waals surface area contributed by atoms with Crippen LogP contribution in [-0.2, 0) is 10.5 Å². The second kappa shape index (κ2) is 9.37. The minimum absolute atomic E-state index is 0.131. The Morgan fingerprint density at radius 2 is 2.00 bits per heavy atom. The maximum atomic E-state index is 11.8. The molecule has 0 aliphatic heterocycles. The first-order valence-corrected chi connectivity index (χ1v) is 8.91. The zero-order chi connectivity index (χ0) is 16.5. The highest BCUT2D eigenvalue weighted by molar-refractivity contribution is 9.10. The summed E-state index contributed by atoms with van der Waals surface area (Å²) >= 11 is 5.04. The number of nitrogens with one attached hydrogen (secondary N) is 1. The lowest BCUT2D eigenvalue weighted by atomic mass is 10.2. The van der Waals surface area contributed by atoms with Gasteiger partial charge < -0.3 is 4.74 Å². The number of hydrogen-bond acceptors (Lipinski definition) is 4. The van der Waals surface area contributed by atoms with Crippen LogP contribution in [0, 0.1) is 0 Å². The van der Waals surface area contributed by atoms with Crippen LogP contribution in [0.5, 0.6) is 5.75 Å². The average Bonchev–Trinajstić information content (AvgIpc) is 2.57. The molecule has 0 fully saturated rings. The Bertz CT molecular complexity index is 692. The molecular formula is C17H17BrN2O2S. The van der Waals surface area contributed by atoms with Gasteiger partial charge in [-0.2, -0.15) is 5.10 Å². The molecule has 23 heavy (non-hydrogen) atoms. The number of benzene rings is 2. The standard InChI is InChI=1S/C17H17BrN2O2S/c1-22-16-9-5-3-6-13(16)10-19-20-17(21)12-23-11-14-7-2-4-8-15(14)18/h2-10H,11-12H2,1H3,(H,20,21). The SMILES string of the molecule is COc1ccccc1C=NNC(=O)CSCc1ccccc1Br. The quantitative estimate of drug-likeness (QED) is 0.575. The first-order chi connectivity index (χ1) is 11.2. The molecule has 0 heterocycles. The van der Waals surface area contributed by atoms with E-state index in [9.17, 15) is 4.79 Å². The van der Waals surface area contributed by atoms with E-state index in [4.69, 9.17) is 4.74 Å². The van der Waals surface area contributed by atoms with Gasteiger partial charge in [-0.15, -0.1) is 11.8 Å². The molecule has 1 N–H and O–H groups in total. The van der Waals surface area contributed by atoms with Crippen LogP contribution in [0.4, 0.5) is 0 Å². The molecule has 0 atom stereocenters. The van der Waals surface area contributed by atoms with E-state index < -0.39 is 0 Å². The van der Waals surface area contributed by atoms with Crippen molar-refractivity contribution in [2.24, 2.45) is 5.10 Å². The third-order valence-electron chi connectivity index (χ3n) is 2.98. The molecule has 2 aromatic carbocycles. The highest BCUT2D eigenvalue weighted by Crippen LogP contribution is 2.21. The summed E-state index contributed by atoms with van der Waals surface area (Å²) in [5.74, 6) is 1.71. The molecule has 0 aliphatic carbocycles. The van der Waals surface area contributed by atoms with E-state index in [1.807, 2.05) is 48.5 Å². The molecule has 2 aromatic rings. The number of amides is 1. The van der Waals surface area contributed by atoms with Crippen LogP contribution in [-0.4, -0.2) is 25.0 Å². The van der Waals surface area contributed by atoms with Crippen LogP contribution in [0.1, 0.15) is 11.1 Å². The van der Waals surface area contributed by atoms with E-state index in [0.29, 0.717) is 11.5 Å². The third-order valence-corrected chi connectivity index (χ3v) is 4.74. The smallest absolute Gasteiger partial charge is 0.250 e. The van der Waals surface area contributed by atoms with Crippen molar-refractivity contribution in [2.75, 3.05) is 12.9 Å². The van der Waals surface area contributed by atoms with Crippen molar-refractivity contribution in [1.82, 2.24) is 5.43 Å². The second-order valence-electron chi connectivity index (χ2n) is 4.62. The van der Waals surface area contributed by atoms with Gasteiger partial charge in [-0.3, -0.25) is 4.79 Å². The summed E-state index contributed by atoms with van der Waals surface area (Å²) in [6, 6.07) is 15.5. The Labute approximate surface area is 148 Å². The second-order valence-corrected chi connectivity index (χ2v) is 6.46. The lowest BCUT2D eigenvalue weighted by Gasteiger charge is -2.04. The van der Waals surface area contributed by atoms with Crippen molar-refractivity contribution >= 4 is 39.8 Å². The molecule has 120 valence electrons. The van der Waals surface area contributed by atoms with Gasteiger partial charge in [0.25, 0.3) is 0 Å². The molecule has 6 heteroatoms. The summed E-state index contributed by atoms with van der Waals surface area (Å²) in [4.78, 5) is 11.8. The van der Waals surface area contributed by atoms with Gasteiger partial charge in [0.05, 0.1) is 19.1 Å². The summed E-state index contributed by atoms with van der Waals surface area (Å²) in [6.07, 6.45) is 1.58. The lowest BCUT2D eigenvalue weighted by Crippen LogP contribution is -2.19. The fourth-order valence-corrected chi connectivity index (χ4v) is 3.28. The topological polar surface area (TPSA) is 50.7 Å². The molecular weight excluding hydrogens is 376 g/mol. The fourth-order valence-electron chi connectivity index (χ4n) is 1.85. The zero-order valence-corrected chi connectivity index (χ0v) is 15.1. The number of halogens is 1. The van der Waals surface area contributed by atoms with E-state index in [2.05, 4.69) is 26.5 Å². The van der Waals surface area contributed by atoms with Gasteiger partial charge in [0, 0.05) is 15.8 Å². The molecule has 2 rings (SSSR count). The van der Waals surface area contributed by atoms with Crippen molar-refractivity contribution < 1.29 is 9.53 Å². The van der Waals surface area contributed by atoms with E-state index in [-0.39, 0.29) is 5.91 Å². The number of thioether (sulfide) groups is 1. The van der Waals surface area contributed by atoms with Crippen LogP contribution in [0.2, 0.25) is 0 Å². The van der Waals surface area contributed by atoms with Crippen molar-refractivity contribution in [1.29, 1.82) is 0 Å². The predicted octanol–water partition coefficient (Wildman–Crippen LogP) is 3.84. The van der Waals surface area contributed by atoms with Gasteiger partial charge in [0.1, 0.15) is 5.75 Å². The summed E-state index contributed by atoms with van der Waals surface area (Å²) in [5.41, 5.74) is 4.51. The number of ether oxygens (including phenoxy) is 1. The lowest BCUT2D eigenvalue weighted by molar-refractivity contribution is -0.118. The summed E-state index contributed by atoms with van der Waals surface area (Å²) in [5, 5.41) is 3.97.